The van der Waals surface area contributed by atoms with Crippen LogP contribution >= 0.6 is 0 Å². The molecule has 0 bridgehead atoms. The van der Waals surface area contributed by atoms with Crippen molar-refractivity contribution in [3.05, 3.63) is 95.1 Å². The summed E-state index contributed by atoms with van der Waals surface area (Å²) < 4.78 is 5.32. The number of carbonyl (C=O) groups excluding carboxylic acids is 2. The molecule has 1 fully saturated rings. The van der Waals surface area contributed by atoms with Crippen molar-refractivity contribution >= 4 is 23.1 Å². The molecule has 1 heterocycles. The minimum absolute atomic E-state index is 0.0456. The second kappa shape index (κ2) is 8.59. The van der Waals surface area contributed by atoms with Crippen LogP contribution in [0.15, 0.2) is 78.4 Å². The van der Waals surface area contributed by atoms with E-state index in [0.29, 0.717) is 16.9 Å². The molecule has 4 rings (SSSR count). The molecule has 1 saturated heterocycles. The lowest BCUT2D eigenvalue weighted by molar-refractivity contribution is -0.132. The van der Waals surface area contributed by atoms with Crippen molar-refractivity contribution < 1.29 is 24.5 Å². The van der Waals surface area contributed by atoms with Crippen LogP contribution in [0.25, 0.3) is 5.76 Å². The molecular formula is C26H23NO5. The first-order valence-electron chi connectivity index (χ1n) is 10.3. The summed E-state index contributed by atoms with van der Waals surface area (Å²) in [6.45, 7) is 2.02. The summed E-state index contributed by atoms with van der Waals surface area (Å²) in [5, 5.41) is 21.6. The Balaban J connectivity index is 1.95. The molecule has 6 heteroatoms. The Morgan fingerprint density at radius 2 is 1.72 bits per heavy atom. The number of Topliss-reactive ketones (excluding diaryl/α,β-unsaturated/α-hetero) is 1. The fourth-order valence-corrected chi connectivity index (χ4v) is 3.93. The summed E-state index contributed by atoms with van der Waals surface area (Å²) in [4.78, 5) is 27.5. The lowest BCUT2D eigenvalue weighted by Crippen LogP contribution is -2.29. The summed E-state index contributed by atoms with van der Waals surface area (Å²) >= 11 is 0. The molecule has 3 aromatic carbocycles. The number of aliphatic hydroxyl groups excluding tert-OH is 1. The largest absolute Gasteiger partial charge is 0.507 e. The molecule has 1 aliphatic rings. The number of aryl methyl sites for hydroxylation is 1. The molecule has 0 radical (unpaired) electrons. The Morgan fingerprint density at radius 3 is 2.38 bits per heavy atom. The van der Waals surface area contributed by atoms with Gasteiger partial charge in [0.2, 0.25) is 0 Å². The van der Waals surface area contributed by atoms with Gasteiger partial charge in [-0.2, -0.15) is 0 Å². The normalized spacial score (nSPS) is 17.6. The van der Waals surface area contributed by atoms with Crippen molar-refractivity contribution in [1.82, 2.24) is 0 Å². The molecule has 0 aromatic heterocycles. The number of amides is 1. The van der Waals surface area contributed by atoms with Crippen LogP contribution in [0.1, 0.15) is 29.7 Å². The first-order valence-corrected chi connectivity index (χ1v) is 10.3. The SMILES string of the molecule is CCc1ccc(/C(O)=C2/C(=O)C(=O)N(c3ccccc3O)C2c2cccc(OC)c2)cc1. The van der Waals surface area contributed by atoms with Crippen molar-refractivity contribution in [2.45, 2.75) is 19.4 Å². The number of benzene rings is 3. The number of phenols is 1. The number of anilines is 1. The smallest absolute Gasteiger partial charge is 0.300 e. The van der Waals surface area contributed by atoms with Gasteiger partial charge in [-0.15, -0.1) is 0 Å². The van der Waals surface area contributed by atoms with Gasteiger partial charge in [-0.3, -0.25) is 14.5 Å². The Morgan fingerprint density at radius 1 is 1.00 bits per heavy atom. The monoisotopic (exact) mass is 429 g/mol. The molecule has 162 valence electrons. The Kier molecular flexibility index (Phi) is 5.69. The standard InChI is InChI=1S/C26H23NO5/c1-3-16-11-13-17(14-12-16)24(29)22-23(18-7-6-8-19(15-18)32-2)27(26(31)25(22)30)20-9-4-5-10-21(20)28/h4-15,23,28-29H,3H2,1-2H3/b24-22-. The van der Waals surface area contributed by atoms with Gasteiger partial charge < -0.3 is 14.9 Å². The predicted octanol–water partition coefficient (Wildman–Crippen LogP) is 4.59. The number of hydrogen-bond acceptors (Lipinski definition) is 5. The van der Waals surface area contributed by atoms with E-state index < -0.39 is 17.7 Å². The van der Waals surface area contributed by atoms with E-state index >= 15 is 0 Å². The minimum Gasteiger partial charge on any atom is -0.507 e. The molecule has 1 amide bonds. The van der Waals surface area contributed by atoms with Crippen molar-refractivity contribution in [2.75, 3.05) is 12.0 Å². The topological polar surface area (TPSA) is 87.1 Å². The van der Waals surface area contributed by atoms with Gasteiger partial charge in [0.1, 0.15) is 17.3 Å². The zero-order valence-corrected chi connectivity index (χ0v) is 17.8. The van der Waals surface area contributed by atoms with Gasteiger partial charge in [-0.25, -0.2) is 0 Å². The third-order valence-electron chi connectivity index (χ3n) is 5.63. The molecule has 0 aliphatic carbocycles. The van der Waals surface area contributed by atoms with Crippen LogP contribution in [-0.4, -0.2) is 29.0 Å². The average Bonchev–Trinajstić information content (AvgIpc) is 3.09. The van der Waals surface area contributed by atoms with E-state index in [-0.39, 0.29) is 22.8 Å². The van der Waals surface area contributed by atoms with Crippen LogP contribution in [0.2, 0.25) is 0 Å². The van der Waals surface area contributed by atoms with Crippen molar-refractivity contribution in [3.63, 3.8) is 0 Å². The fraction of sp³-hybridized carbons (Fsp3) is 0.154. The van der Waals surface area contributed by atoms with E-state index in [2.05, 4.69) is 0 Å². The first kappa shape index (κ1) is 21.2. The highest BCUT2D eigenvalue weighted by Crippen LogP contribution is 2.45. The van der Waals surface area contributed by atoms with Gasteiger partial charge in [0, 0.05) is 5.56 Å². The maximum absolute atomic E-state index is 13.2. The number of aliphatic hydroxyl groups is 1. The molecular weight excluding hydrogens is 406 g/mol. The van der Waals surface area contributed by atoms with E-state index in [4.69, 9.17) is 4.74 Å². The summed E-state index contributed by atoms with van der Waals surface area (Å²) in [7, 11) is 1.52. The molecule has 1 atom stereocenters. The lowest BCUT2D eigenvalue weighted by atomic mass is 9.94. The number of aromatic hydroxyl groups is 1. The molecule has 6 nitrogen and oxygen atoms in total. The zero-order chi connectivity index (χ0) is 22.8. The van der Waals surface area contributed by atoms with Gasteiger partial charge in [0.05, 0.1) is 24.4 Å². The zero-order valence-electron chi connectivity index (χ0n) is 17.8. The van der Waals surface area contributed by atoms with Crippen LogP contribution < -0.4 is 9.64 Å². The molecule has 0 spiro atoms. The van der Waals surface area contributed by atoms with Gasteiger partial charge >= 0.3 is 0 Å². The summed E-state index contributed by atoms with van der Waals surface area (Å²) in [6.07, 6.45) is 0.836. The van der Waals surface area contributed by atoms with E-state index in [9.17, 15) is 19.8 Å². The van der Waals surface area contributed by atoms with E-state index in [1.807, 2.05) is 19.1 Å². The van der Waals surface area contributed by atoms with Crippen molar-refractivity contribution in [1.29, 1.82) is 0 Å². The maximum atomic E-state index is 13.2. The first-order chi connectivity index (χ1) is 15.5. The number of ether oxygens (including phenoxy) is 1. The highest BCUT2D eigenvalue weighted by atomic mass is 16.5. The number of ketones is 1. The number of carbonyl (C=O) groups is 2. The molecule has 1 aliphatic heterocycles. The van der Waals surface area contributed by atoms with Crippen LogP contribution in [0.3, 0.4) is 0 Å². The van der Waals surface area contributed by atoms with E-state index in [0.717, 1.165) is 12.0 Å². The Labute approximate surface area is 186 Å². The predicted molar refractivity (Wildman–Crippen MR) is 122 cm³/mol. The van der Waals surface area contributed by atoms with Gasteiger partial charge in [0.25, 0.3) is 11.7 Å². The average molecular weight is 429 g/mol. The minimum atomic E-state index is -0.941. The van der Waals surface area contributed by atoms with Gasteiger partial charge in [0.15, 0.2) is 0 Å². The van der Waals surface area contributed by atoms with Gasteiger partial charge in [-0.1, -0.05) is 55.5 Å². The fourth-order valence-electron chi connectivity index (χ4n) is 3.93. The summed E-state index contributed by atoms with van der Waals surface area (Å²) in [5.74, 6) is -1.52. The number of para-hydroxylation sites is 2. The lowest BCUT2D eigenvalue weighted by Gasteiger charge is -2.26. The van der Waals surface area contributed by atoms with Crippen LogP contribution in [-0.2, 0) is 16.0 Å². The third kappa shape index (κ3) is 3.60. The Bertz CT molecular complexity index is 1210. The molecule has 2 N–H and O–H groups in total. The third-order valence-corrected chi connectivity index (χ3v) is 5.63. The van der Waals surface area contributed by atoms with Crippen molar-refractivity contribution in [2.24, 2.45) is 0 Å². The summed E-state index contributed by atoms with van der Waals surface area (Å²) in [6, 6.07) is 19.5. The number of phenolic OH excluding ortho intramolecular Hbond substituents is 1. The number of hydrogen-bond donors (Lipinski definition) is 2. The van der Waals surface area contributed by atoms with Crippen LogP contribution in [0.5, 0.6) is 11.5 Å². The number of methoxy groups -OCH3 is 1. The molecule has 32 heavy (non-hydrogen) atoms. The summed E-state index contributed by atoms with van der Waals surface area (Å²) in [5.41, 5.74) is 2.23. The number of rotatable bonds is 5. The van der Waals surface area contributed by atoms with Gasteiger partial charge in [-0.05, 0) is 41.8 Å². The van der Waals surface area contributed by atoms with E-state index in [1.165, 1.54) is 18.1 Å². The highest BCUT2D eigenvalue weighted by Gasteiger charge is 2.47. The Hall–Kier alpha value is -4.06. The second-order valence-corrected chi connectivity index (χ2v) is 7.48. The number of nitrogens with zero attached hydrogens (tertiary/aromatic N) is 1. The molecule has 3 aromatic rings. The second-order valence-electron chi connectivity index (χ2n) is 7.48. The highest BCUT2D eigenvalue weighted by molar-refractivity contribution is 6.51. The van der Waals surface area contributed by atoms with Crippen molar-refractivity contribution in [3.8, 4) is 11.5 Å². The maximum Gasteiger partial charge on any atom is 0.300 e. The quantitative estimate of drug-likeness (QED) is 0.352. The van der Waals surface area contributed by atoms with E-state index in [1.54, 1.807) is 54.6 Å². The molecule has 0 saturated carbocycles. The molecule has 1 unspecified atom stereocenters. The van der Waals surface area contributed by atoms with Crippen LogP contribution in [0, 0.1) is 0 Å². The van der Waals surface area contributed by atoms with Crippen LogP contribution in [0.4, 0.5) is 5.69 Å².